The highest BCUT2D eigenvalue weighted by Gasteiger charge is 2.42. The number of carbonyl (C=O) groups excluding carboxylic acids is 2. The number of esters is 2. The summed E-state index contributed by atoms with van der Waals surface area (Å²) in [6.45, 7) is 8.17. The van der Waals surface area contributed by atoms with Crippen LogP contribution in [0.3, 0.4) is 0 Å². The zero-order chi connectivity index (χ0) is 31.1. The molecule has 7 nitrogen and oxygen atoms in total. The molecule has 1 aromatic heterocycles. The van der Waals surface area contributed by atoms with Gasteiger partial charge in [0.1, 0.15) is 5.75 Å². The summed E-state index contributed by atoms with van der Waals surface area (Å²) in [5.74, 6) is -2.08. The van der Waals surface area contributed by atoms with Gasteiger partial charge >= 0.3 is 18.1 Å². The normalized spacial score (nSPS) is 14.6. The summed E-state index contributed by atoms with van der Waals surface area (Å²) in [5.41, 5.74) is 5.38. The van der Waals surface area contributed by atoms with Gasteiger partial charge in [-0.1, -0.05) is 36.7 Å². The number of piperidine rings is 1. The van der Waals surface area contributed by atoms with Crippen LogP contribution in [-0.2, 0) is 20.7 Å². The molecule has 230 valence electrons. The number of benzene rings is 2. The molecular weight excluding hydrogens is 583 g/mol. The summed E-state index contributed by atoms with van der Waals surface area (Å²) >= 11 is 6.41. The van der Waals surface area contributed by atoms with Crippen LogP contribution in [0.5, 0.6) is 5.75 Å². The molecule has 0 spiro atoms. The van der Waals surface area contributed by atoms with Crippen molar-refractivity contribution in [1.82, 2.24) is 14.9 Å². The summed E-state index contributed by atoms with van der Waals surface area (Å²) in [5, 5.41) is 0.505. The lowest BCUT2D eigenvalue weighted by Gasteiger charge is -2.33. The zero-order valence-corrected chi connectivity index (χ0v) is 25.2. The lowest BCUT2D eigenvalue weighted by atomic mass is 9.83. The second-order valence-corrected chi connectivity index (χ2v) is 11.2. The molecule has 0 amide bonds. The standard InChI is InChI=1S/C32H35ClF3N3O4/c1-4-24-25(21-12-15-39(16-13-21)14-6-9-29(40)43-31(41)32(34,35)36)7-5-8-26(24)23-18-37-30(38-19-23)22-10-11-28(27(33)17-22)42-20(2)3/h5,7-8,10-11,17-21H,4,6,9,12-16H2,1-3H3. The van der Waals surface area contributed by atoms with Crippen LogP contribution in [0.2, 0.25) is 5.02 Å². The second-order valence-electron chi connectivity index (χ2n) is 10.8. The first kappa shape index (κ1) is 32.4. The molecule has 2 aromatic carbocycles. The fourth-order valence-corrected chi connectivity index (χ4v) is 5.61. The third-order valence-electron chi connectivity index (χ3n) is 7.40. The average molecular weight is 618 g/mol. The van der Waals surface area contributed by atoms with Crippen LogP contribution in [0.1, 0.15) is 63.5 Å². The van der Waals surface area contributed by atoms with E-state index in [4.69, 9.17) is 16.3 Å². The number of alkyl halides is 3. The quantitative estimate of drug-likeness (QED) is 0.173. The van der Waals surface area contributed by atoms with Gasteiger partial charge in [0.05, 0.1) is 11.1 Å². The summed E-state index contributed by atoms with van der Waals surface area (Å²) < 4.78 is 46.4. The van der Waals surface area contributed by atoms with E-state index in [0.29, 0.717) is 35.5 Å². The molecule has 0 unspecified atom stereocenters. The van der Waals surface area contributed by atoms with Crippen molar-refractivity contribution >= 4 is 23.5 Å². The topological polar surface area (TPSA) is 81.6 Å². The fraction of sp³-hybridized carbons (Fsp3) is 0.438. The Morgan fingerprint density at radius 2 is 1.77 bits per heavy atom. The fourth-order valence-electron chi connectivity index (χ4n) is 5.38. The number of hydrogen-bond donors (Lipinski definition) is 0. The Hall–Kier alpha value is -3.50. The van der Waals surface area contributed by atoms with Crippen molar-refractivity contribution in [3.63, 3.8) is 0 Å². The van der Waals surface area contributed by atoms with Crippen LogP contribution in [0.15, 0.2) is 48.8 Å². The van der Waals surface area contributed by atoms with Gasteiger partial charge in [0, 0.05) is 29.9 Å². The maximum absolute atomic E-state index is 12.3. The predicted molar refractivity (Wildman–Crippen MR) is 158 cm³/mol. The number of aromatic nitrogens is 2. The van der Waals surface area contributed by atoms with Crippen molar-refractivity contribution in [2.45, 2.75) is 71.1 Å². The number of hydrogen-bond acceptors (Lipinski definition) is 7. The van der Waals surface area contributed by atoms with Gasteiger partial charge in [0.15, 0.2) is 5.82 Å². The maximum atomic E-state index is 12.3. The highest BCUT2D eigenvalue weighted by atomic mass is 35.5. The van der Waals surface area contributed by atoms with Gasteiger partial charge in [0.25, 0.3) is 0 Å². The van der Waals surface area contributed by atoms with Crippen molar-refractivity contribution in [1.29, 1.82) is 0 Å². The average Bonchev–Trinajstić information content (AvgIpc) is 2.97. The van der Waals surface area contributed by atoms with Gasteiger partial charge in [0.2, 0.25) is 0 Å². The first-order valence-corrected chi connectivity index (χ1v) is 14.8. The Kier molecular flexibility index (Phi) is 10.8. The van der Waals surface area contributed by atoms with Crippen LogP contribution in [0, 0.1) is 0 Å². The molecule has 1 aliphatic rings. The van der Waals surface area contributed by atoms with Crippen LogP contribution >= 0.6 is 11.6 Å². The van der Waals surface area contributed by atoms with Crippen LogP contribution < -0.4 is 4.74 Å². The van der Waals surface area contributed by atoms with E-state index >= 15 is 0 Å². The van der Waals surface area contributed by atoms with Crippen molar-refractivity contribution in [2.75, 3.05) is 19.6 Å². The zero-order valence-electron chi connectivity index (χ0n) is 24.4. The Labute approximate surface area is 254 Å². The lowest BCUT2D eigenvalue weighted by Crippen LogP contribution is -2.34. The molecule has 1 aliphatic heterocycles. The summed E-state index contributed by atoms with van der Waals surface area (Å²) in [4.78, 5) is 33.8. The molecule has 0 atom stereocenters. The molecule has 0 bridgehead atoms. The number of likely N-dealkylation sites (tertiary alicyclic amines) is 1. The number of carbonyl (C=O) groups is 2. The van der Waals surface area contributed by atoms with Crippen LogP contribution in [0.25, 0.3) is 22.5 Å². The Morgan fingerprint density at radius 3 is 2.37 bits per heavy atom. The van der Waals surface area contributed by atoms with Crippen molar-refractivity contribution in [2.24, 2.45) is 0 Å². The summed E-state index contributed by atoms with van der Waals surface area (Å²) in [6, 6.07) is 11.9. The Morgan fingerprint density at radius 1 is 1.07 bits per heavy atom. The monoisotopic (exact) mass is 617 g/mol. The van der Waals surface area contributed by atoms with Gasteiger partial charge in [-0.2, -0.15) is 13.2 Å². The van der Waals surface area contributed by atoms with E-state index < -0.39 is 18.1 Å². The number of nitrogens with zero attached hydrogens (tertiary/aromatic N) is 3. The first-order valence-electron chi connectivity index (χ1n) is 14.4. The third-order valence-corrected chi connectivity index (χ3v) is 7.70. The molecule has 11 heteroatoms. The smallest absolute Gasteiger partial charge is 0.489 e. The van der Waals surface area contributed by atoms with Crippen LogP contribution in [0.4, 0.5) is 13.2 Å². The number of halogens is 4. The molecular formula is C32H35ClF3N3O4. The highest BCUT2D eigenvalue weighted by Crippen LogP contribution is 2.36. The van der Waals surface area contributed by atoms with E-state index in [2.05, 4.69) is 44.7 Å². The van der Waals surface area contributed by atoms with E-state index in [1.54, 1.807) is 6.07 Å². The molecule has 43 heavy (non-hydrogen) atoms. The maximum Gasteiger partial charge on any atom is 0.491 e. The van der Waals surface area contributed by atoms with Gasteiger partial charge in [-0.05, 0) is 100.0 Å². The Balaban J connectivity index is 1.37. The number of ether oxygens (including phenoxy) is 2. The third kappa shape index (κ3) is 8.54. The minimum absolute atomic E-state index is 0.0173. The van der Waals surface area contributed by atoms with Crippen molar-refractivity contribution in [3.8, 4) is 28.3 Å². The molecule has 1 fully saturated rings. The van der Waals surface area contributed by atoms with E-state index in [1.165, 1.54) is 11.1 Å². The predicted octanol–water partition coefficient (Wildman–Crippen LogP) is 7.41. The SMILES string of the molecule is CCc1c(-c2cnc(-c3ccc(OC(C)C)c(Cl)c3)nc2)cccc1C1CCN(CCCC(=O)OC(=O)C(F)(F)F)CC1. The van der Waals surface area contributed by atoms with E-state index in [9.17, 15) is 22.8 Å². The van der Waals surface area contributed by atoms with Crippen molar-refractivity contribution in [3.05, 3.63) is 64.9 Å². The van der Waals surface area contributed by atoms with Gasteiger partial charge in [-0.15, -0.1) is 0 Å². The van der Waals surface area contributed by atoms with E-state index in [1.807, 2.05) is 38.4 Å². The van der Waals surface area contributed by atoms with E-state index in [-0.39, 0.29) is 12.5 Å². The molecule has 0 aliphatic carbocycles. The second kappa shape index (κ2) is 14.3. The van der Waals surface area contributed by atoms with Gasteiger partial charge < -0.3 is 14.4 Å². The highest BCUT2D eigenvalue weighted by molar-refractivity contribution is 6.32. The molecule has 1 saturated heterocycles. The van der Waals surface area contributed by atoms with Crippen LogP contribution in [-0.4, -0.2) is 58.7 Å². The molecule has 2 heterocycles. The van der Waals surface area contributed by atoms with Crippen molar-refractivity contribution < 1.29 is 32.2 Å². The number of rotatable bonds is 10. The first-order chi connectivity index (χ1) is 20.5. The molecule has 4 rings (SSSR count). The van der Waals surface area contributed by atoms with E-state index in [0.717, 1.165) is 49.0 Å². The minimum Gasteiger partial charge on any atom is -0.489 e. The molecule has 0 radical (unpaired) electrons. The minimum atomic E-state index is -5.17. The van der Waals surface area contributed by atoms with Gasteiger partial charge in [-0.3, -0.25) is 4.79 Å². The van der Waals surface area contributed by atoms with Gasteiger partial charge in [-0.25, -0.2) is 14.8 Å². The lowest BCUT2D eigenvalue weighted by molar-refractivity contribution is -0.201. The Bertz CT molecular complexity index is 1420. The summed E-state index contributed by atoms with van der Waals surface area (Å²) in [7, 11) is 0. The molecule has 3 aromatic rings. The summed E-state index contributed by atoms with van der Waals surface area (Å²) in [6.07, 6.45) is 1.28. The molecule has 0 saturated carbocycles. The molecule has 0 N–H and O–H groups in total. The largest absolute Gasteiger partial charge is 0.491 e.